The minimum Gasteiger partial charge on any atom is -0.307 e. The van der Waals surface area contributed by atoms with Crippen molar-refractivity contribution in [3.05, 3.63) is 35.4 Å². The van der Waals surface area contributed by atoms with Gasteiger partial charge in [0.2, 0.25) is 0 Å². The van der Waals surface area contributed by atoms with Crippen molar-refractivity contribution in [3.8, 4) is 0 Å². The third-order valence-electron chi connectivity index (χ3n) is 4.43. The molecule has 0 heterocycles. The van der Waals surface area contributed by atoms with Crippen LogP contribution in [0.4, 0.5) is 0 Å². The Bertz CT molecular complexity index is 366. The Balaban J connectivity index is 1.98. The van der Waals surface area contributed by atoms with Crippen LogP contribution in [0.15, 0.2) is 24.3 Å². The second-order valence-corrected chi connectivity index (χ2v) is 6.22. The number of nitrogens with one attached hydrogen (secondary N) is 1. The first-order valence-electron chi connectivity index (χ1n) is 7.44. The van der Waals surface area contributed by atoms with Crippen molar-refractivity contribution in [2.75, 3.05) is 0 Å². The molecule has 1 saturated carbocycles. The first-order chi connectivity index (χ1) is 8.58. The van der Waals surface area contributed by atoms with E-state index < -0.39 is 0 Å². The first kappa shape index (κ1) is 13.6. The van der Waals surface area contributed by atoms with Crippen LogP contribution in [-0.4, -0.2) is 6.04 Å². The van der Waals surface area contributed by atoms with Gasteiger partial charge in [-0.15, -0.1) is 0 Å². The van der Waals surface area contributed by atoms with Crippen LogP contribution in [-0.2, 0) is 0 Å². The summed E-state index contributed by atoms with van der Waals surface area (Å²) in [6.45, 7) is 9.16. The van der Waals surface area contributed by atoms with Gasteiger partial charge in [-0.25, -0.2) is 0 Å². The van der Waals surface area contributed by atoms with Crippen molar-refractivity contribution in [1.82, 2.24) is 5.32 Å². The van der Waals surface area contributed by atoms with Gasteiger partial charge < -0.3 is 5.32 Å². The van der Waals surface area contributed by atoms with Gasteiger partial charge in [-0.1, -0.05) is 51.5 Å². The predicted octanol–water partition coefficient (Wildman–Crippen LogP) is 4.65. The summed E-state index contributed by atoms with van der Waals surface area (Å²) < 4.78 is 0. The molecule has 1 N–H and O–H groups in total. The van der Waals surface area contributed by atoms with Gasteiger partial charge in [0.15, 0.2) is 0 Å². The van der Waals surface area contributed by atoms with Crippen LogP contribution in [0.5, 0.6) is 0 Å². The minimum atomic E-state index is 0.469. The number of hydrogen-bond acceptors (Lipinski definition) is 1. The fourth-order valence-corrected chi connectivity index (χ4v) is 2.98. The van der Waals surface area contributed by atoms with E-state index in [0.717, 1.165) is 5.92 Å². The Hall–Kier alpha value is -0.820. The molecule has 1 aromatic carbocycles. The molecule has 1 aromatic rings. The lowest BCUT2D eigenvalue weighted by atomic mass is 9.98. The molecular weight excluding hydrogens is 218 g/mol. The molecule has 3 atom stereocenters. The SMILES string of the molecule is CC(C)c1ccc(C(C)NC2CCCC2C)cc1. The molecule has 0 radical (unpaired) electrons. The van der Waals surface area contributed by atoms with Crippen LogP contribution in [0, 0.1) is 5.92 Å². The molecular formula is C17H27N. The van der Waals surface area contributed by atoms with E-state index in [4.69, 9.17) is 0 Å². The van der Waals surface area contributed by atoms with Crippen molar-refractivity contribution >= 4 is 0 Å². The monoisotopic (exact) mass is 245 g/mol. The molecule has 1 nitrogen and oxygen atoms in total. The summed E-state index contributed by atoms with van der Waals surface area (Å²) >= 11 is 0. The molecule has 1 fully saturated rings. The van der Waals surface area contributed by atoms with Crippen LogP contribution < -0.4 is 5.32 Å². The van der Waals surface area contributed by atoms with Gasteiger partial charge in [-0.3, -0.25) is 0 Å². The molecule has 0 aliphatic heterocycles. The molecule has 3 unspecified atom stereocenters. The quantitative estimate of drug-likeness (QED) is 0.814. The third-order valence-corrected chi connectivity index (χ3v) is 4.43. The smallest absolute Gasteiger partial charge is 0.0294 e. The average molecular weight is 245 g/mol. The standard InChI is InChI=1S/C17H27N/c1-12(2)15-8-10-16(11-9-15)14(4)18-17-7-5-6-13(17)3/h8-14,17-18H,5-7H2,1-4H3. The Morgan fingerprint density at radius 3 is 2.11 bits per heavy atom. The fraction of sp³-hybridized carbons (Fsp3) is 0.647. The molecule has 2 rings (SSSR count). The Kier molecular flexibility index (Phi) is 4.45. The van der Waals surface area contributed by atoms with Crippen molar-refractivity contribution < 1.29 is 0 Å². The normalized spacial score (nSPS) is 25.6. The van der Waals surface area contributed by atoms with Crippen molar-refractivity contribution in [2.24, 2.45) is 5.92 Å². The number of benzene rings is 1. The van der Waals surface area contributed by atoms with E-state index in [-0.39, 0.29) is 0 Å². The zero-order chi connectivity index (χ0) is 13.1. The molecule has 100 valence electrons. The lowest BCUT2D eigenvalue weighted by Crippen LogP contribution is -2.33. The molecule has 1 aliphatic rings. The molecule has 1 aliphatic carbocycles. The molecule has 0 aromatic heterocycles. The second-order valence-electron chi connectivity index (χ2n) is 6.22. The van der Waals surface area contributed by atoms with E-state index in [9.17, 15) is 0 Å². The zero-order valence-corrected chi connectivity index (χ0v) is 12.2. The molecule has 0 saturated heterocycles. The van der Waals surface area contributed by atoms with Gasteiger partial charge in [0.1, 0.15) is 0 Å². The van der Waals surface area contributed by atoms with Crippen LogP contribution in [0.1, 0.15) is 70.0 Å². The fourth-order valence-electron chi connectivity index (χ4n) is 2.98. The van der Waals surface area contributed by atoms with E-state index in [2.05, 4.69) is 57.3 Å². The van der Waals surface area contributed by atoms with E-state index in [0.29, 0.717) is 18.0 Å². The Morgan fingerprint density at radius 1 is 1.00 bits per heavy atom. The summed E-state index contributed by atoms with van der Waals surface area (Å²) in [5.41, 5.74) is 2.85. The summed E-state index contributed by atoms with van der Waals surface area (Å²) in [6, 6.07) is 10.3. The summed E-state index contributed by atoms with van der Waals surface area (Å²) in [6.07, 6.45) is 4.12. The largest absolute Gasteiger partial charge is 0.307 e. The molecule has 0 bridgehead atoms. The maximum atomic E-state index is 3.79. The summed E-state index contributed by atoms with van der Waals surface area (Å²) in [4.78, 5) is 0. The van der Waals surface area contributed by atoms with Gasteiger partial charge in [-0.05, 0) is 42.7 Å². The Labute approximate surface area is 112 Å². The maximum Gasteiger partial charge on any atom is 0.0294 e. The molecule has 18 heavy (non-hydrogen) atoms. The highest BCUT2D eigenvalue weighted by atomic mass is 15.0. The van der Waals surface area contributed by atoms with Crippen molar-refractivity contribution in [2.45, 2.75) is 65.0 Å². The van der Waals surface area contributed by atoms with Crippen LogP contribution in [0.2, 0.25) is 0 Å². The van der Waals surface area contributed by atoms with Gasteiger partial charge in [-0.2, -0.15) is 0 Å². The van der Waals surface area contributed by atoms with Crippen molar-refractivity contribution in [3.63, 3.8) is 0 Å². The van der Waals surface area contributed by atoms with Crippen LogP contribution in [0.25, 0.3) is 0 Å². The third kappa shape index (κ3) is 3.14. The molecule has 1 heteroatoms. The maximum absolute atomic E-state index is 3.79. The van der Waals surface area contributed by atoms with Crippen LogP contribution >= 0.6 is 0 Å². The molecule has 0 spiro atoms. The van der Waals surface area contributed by atoms with Crippen LogP contribution in [0.3, 0.4) is 0 Å². The minimum absolute atomic E-state index is 0.469. The summed E-state index contributed by atoms with van der Waals surface area (Å²) in [5, 5.41) is 3.79. The van der Waals surface area contributed by atoms with Gasteiger partial charge in [0, 0.05) is 12.1 Å². The molecule has 0 amide bonds. The lowest BCUT2D eigenvalue weighted by Gasteiger charge is -2.23. The summed E-state index contributed by atoms with van der Waals surface area (Å²) in [7, 11) is 0. The highest BCUT2D eigenvalue weighted by Crippen LogP contribution is 2.27. The number of rotatable bonds is 4. The van der Waals surface area contributed by atoms with E-state index in [1.165, 1.54) is 30.4 Å². The summed E-state index contributed by atoms with van der Waals surface area (Å²) in [5.74, 6) is 1.46. The van der Waals surface area contributed by atoms with Gasteiger partial charge in [0.05, 0.1) is 0 Å². The average Bonchev–Trinajstić information content (AvgIpc) is 2.75. The first-order valence-corrected chi connectivity index (χ1v) is 7.44. The van der Waals surface area contributed by atoms with Gasteiger partial charge >= 0.3 is 0 Å². The topological polar surface area (TPSA) is 12.0 Å². The highest BCUT2D eigenvalue weighted by Gasteiger charge is 2.24. The van der Waals surface area contributed by atoms with Crippen molar-refractivity contribution in [1.29, 1.82) is 0 Å². The van der Waals surface area contributed by atoms with E-state index in [1.54, 1.807) is 0 Å². The van der Waals surface area contributed by atoms with Gasteiger partial charge in [0.25, 0.3) is 0 Å². The van der Waals surface area contributed by atoms with E-state index in [1.807, 2.05) is 0 Å². The predicted molar refractivity (Wildman–Crippen MR) is 78.9 cm³/mol. The Morgan fingerprint density at radius 2 is 1.61 bits per heavy atom. The number of hydrogen-bond donors (Lipinski definition) is 1. The highest BCUT2D eigenvalue weighted by molar-refractivity contribution is 5.26. The lowest BCUT2D eigenvalue weighted by molar-refractivity contribution is 0.388. The zero-order valence-electron chi connectivity index (χ0n) is 12.2. The van der Waals surface area contributed by atoms with E-state index >= 15 is 0 Å². The second kappa shape index (κ2) is 5.88.